The third-order valence-corrected chi connectivity index (χ3v) is 9.99. The molecule has 6 atom stereocenters. The fraction of sp³-hybridized carbons (Fsp3) is 0.533. The minimum absolute atomic E-state index is 0.0459. The average Bonchev–Trinajstić information content (AvgIpc) is 2.79. The van der Waals surface area contributed by atoms with Crippen molar-refractivity contribution in [2.45, 2.75) is 70.8 Å². The lowest BCUT2D eigenvalue weighted by Crippen LogP contribution is -2.56. The summed E-state index contributed by atoms with van der Waals surface area (Å²) in [6.45, 7) is 7.75. The van der Waals surface area contributed by atoms with Crippen LogP contribution in [0.1, 0.15) is 73.9 Å². The molecule has 4 aliphatic rings. The molecule has 198 valence electrons. The second-order valence-corrected chi connectivity index (χ2v) is 12.4. The van der Waals surface area contributed by atoms with Gasteiger partial charge < -0.3 is 21.7 Å². The molecular formula is C30H37ClN2O4. The lowest BCUT2D eigenvalue weighted by molar-refractivity contribution is -0.120. The number of amides is 1. The first-order chi connectivity index (χ1) is 17.4. The van der Waals surface area contributed by atoms with Crippen LogP contribution in [0, 0.1) is 29.1 Å². The van der Waals surface area contributed by atoms with Crippen LogP contribution in [0.25, 0.3) is 0 Å². The molecule has 5 unspecified atom stereocenters. The molecule has 1 amide bonds. The molecule has 0 saturated heterocycles. The van der Waals surface area contributed by atoms with Crippen LogP contribution < -0.4 is 11.5 Å². The number of carbonyl (C=O) groups excluding carboxylic acids is 2. The number of carbonyl (C=O) groups is 2. The zero-order valence-electron chi connectivity index (χ0n) is 21.6. The van der Waals surface area contributed by atoms with Crippen molar-refractivity contribution >= 4 is 23.3 Å². The number of aromatic hydroxyl groups is 1. The maximum atomic E-state index is 14.0. The molecule has 0 aromatic heterocycles. The van der Waals surface area contributed by atoms with Gasteiger partial charge in [-0.2, -0.15) is 0 Å². The van der Waals surface area contributed by atoms with E-state index in [9.17, 15) is 19.8 Å². The zero-order chi connectivity index (χ0) is 26.9. The first-order valence-electron chi connectivity index (χ1n) is 13.4. The monoisotopic (exact) mass is 524 g/mol. The zero-order valence-corrected chi connectivity index (χ0v) is 22.4. The molecule has 0 radical (unpaired) electrons. The number of primary amides is 1. The summed E-state index contributed by atoms with van der Waals surface area (Å²) in [5.41, 5.74) is 13.6. The van der Waals surface area contributed by atoms with E-state index >= 15 is 0 Å². The molecule has 0 bridgehead atoms. The Morgan fingerprint density at radius 3 is 2.68 bits per heavy atom. The predicted molar refractivity (Wildman–Crippen MR) is 144 cm³/mol. The summed E-state index contributed by atoms with van der Waals surface area (Å²) in [7, 11) is 0. The van der Waals surface area contributed by atoms with Crippen molar-refractivity contribution in [1.29, 1.82) is 0 Å². The minimum Gasteiger partial charge on any atom is -0.512 e. The molecule has 7 heteroatoms. The Hall–Kier alpha value is -2.57. The third-order valence-electron chi connectivity index (χ3n) is 9.65. The number of aliphatic hydroxyl groups excluding tert-OH is 1. The van der Waals surface area contributed by atoms with Crippen LogP contribution in [-0.4, -0.2) is 27.4 Å². The second kappa shape index (κ2) is 9.02. The highest BCUT2D eigenvalue weighted by Gasteiger charge is 2.61. The van der Waals surface area contributed by atoms with Crippen LogP contribution in [0.3, 0.4) is 0 Å². The van der Waals surface area contributed by atoms with Crippen LogP contribution in [0.2, 0.25) is 5.02 Å². The summed E-state index contributed by atoms with van der Waals surface area (Å²) < 4.78 is 0. The van der Waals surface area contributed by atoms with Crippen LogP contribution in [0.4, 0.5) is 0 Å². The average molecular weight is 525 g/mol. The van der Waals surface area contributed by atoms with E-state index in [4.69, 9.17) is 23.1 Å². The van der Waals surface area contributed by atoms with E-state index in [0.717, 1.165) is 25.7 Å². The SMILES string of the molecule is C=CCC(C)(N)Cc1cc(Cl)c2c(c1O)C(=O)C1=CC3C(CC(O)=C(C(N)=O)C34CC[C@H]4CC)CC1C2. The number of hydrogen-bond acceptors (Lipinski definition) is 5. The molecule has 1 spiro atoms. The molecule has 6 N–H and O–H groups in total. The van der Waals surface area contributed by atoms with E-state index in [1.807, 2.05) is 6.92 Å². The molecular weight excluding hydrogens is 488 g/mol. The molecule has 0 aliphatic heterocycles. The van der Waals surface area contributed by atoms with Crippen LogP contribution in [0.15, 0.2) is 41.7 Å². The standard InChI is InChI=1S/C30H37ClN2O4/c1-4-7-29(3,33)14-17-11-22(31)20-10-15-9-16-12-23(34)25(28(32)37)30(8-6-18(30)5-2)21(16)13-19(15)27(36)24(20)26(17)35/h4,11,13,15-16,18,21,34-35H,1,5-10,12,14,33H2,2-3H3,(H2,32,37)/t15?,16?,18-,21?,29?,30?/m1/s1. The van der Waals surface area contributed by atoms with Crippen molar-refractivity contribution < 1.29 is 19.8 Å². The Balaban J connectivity index is 1.59. The Morgan fingerprint density at radius 2 is 2.08 bits per heavy atom. The Morgan fingerprint density at radius 1 is 1.35 bits per heavy atom. The summed E-state index contributed by atoms with van der Waals surface area (Å²) >= 11 is 6.71. The highest BCUT2D eigenvalue weighted by Crippen LogP contribution is 2.66. The number of fused-ring (bicyclic) bond motifs is 4. The van der Waals surface area contributed by atoms with E-state index in [0.29, 0.717) is 53.0 Å². The highest BCUT2D eigenvalue weighted by molar-refractivity contribution is 6.32. The number of ketones is 1. The molecule has 1 aromatic rings. The maximum Gasteiger partial charge on any atom is 0.248 e. The Kier molecular flexibility index (Phi) is 6.35. The van der Waals surface area contributed by atoms with Gasteiger partial charge in [-0.25, -0.2) is 0 Å². The van der Waals surface area contributed by atoms with Gasteiger partial charge >= 0.3 is 0 Å². The number of phenols is 1. The maximum absolute atomic E-state index is 14.0. The summed E-state index contributed by atoms with van der Waals surface area (Å²) in [5.74, 6) is -0.447. The van der Waals surface area contributed by atoms with Crippen molar-refractivity contribution in [2.24, 2.45) is 40.6 Å². The summed E-state index contributed by atoms with van der Waals surface area (Å²) in [6, 6.07) is 1.74. The van der Waals surface area contributed by atoms with Gasteiger partial charge in [-0.05, 0) is 86.3 Å². The number of hydrogen-bond donors (Lipinski definition) is 4. The van der Waals surface area contributed by atoms with E-state index in [2.05, 4.69) is 19.6 Å². The van der Waals surface area contributed by atoms with Crippen molar-refractivity contribution in [3.63, 3.8) is 0 Å². The number of benzene rings is 1. The fourth-order valence-corrected chi connectivity index (χ4v) is 8.33. The third kappa shape index (κ3) is 3.87. The van der Waals surface area contributed by atoms with Gasteiger partial charge in [-0.15, -0.1) is 6.58 Å². The molecule has 4 aliphatic carbocycles. The fourth-order valence-electron chi connectivity index (χ4n) is 8.03. The topological polar surface area (TPSA) is 127 Å². The Labute approximate surface area is 223 Å². The van der Waals surface area contributed by atoms with Gasteiger partial charge in [0, 0.05) is 28.0 Å². The number of nitrogens with two attached hydrogens (primary N) is 2. The smallest absolute Gasteiger partial charge is 0.248 e. The summed E-state index contributed by atoms with van der Waals surface area (Å²) in [4.78, 5) is 26.6. The van der Waals surface area contributed by atoms with Crippen LogP contribution in [0.5, 0.6) is 5.75 Å². The largest absolute Gasteiger partial charge is 0.512 e. The van der Waals surface area contributed by atoms with Gasteiger partial charge in [0.25, 0.3) is 0 Å². The van der Waals surface area contributed by atoms with E-state index in [1.165, 1.54) is 0 Å². The minimum atomic E-state index is -0.637. The molecule has 1 aromatic carbocycles. The number of halogens is 1. The number of allylic oxidation sites excluding steroid dienone is 3. The first-order valence-corrected chi connectivity index (χ1v) is 13.7. The van der Waals surface area contributed by atoms with Gasteiger partial charge in [0.15, 0.2) is 5.78 Å². The Bertz CT molecular complexity index is 1260. The molecule has 1 saturated carbocycles. The predicted octanol–water partition coefficient (Wildman–Crippen LogP) is 5.31. The van der Waals surface area contributed by atoms with Gasteiger partial charge in [-0.1, -0.05) is 37.1 Å². The van der Waals surface area contributed by atoms with Crippen molar-refractivity contribution in [3.8, 4) is 5.75 Å². The van der Waals surface area contributed by atoms with Gasteiger partial charge in [0.2, 0.25) is 5.91 Å². The normalized spacial score (nSPS) is 32.0. The molecule has 6 nitrogen and oxygen atoms in total. The van der Waals surface area contributed by atoms with E-state index in [1.54, 1.807) is 12.1 Å². The highest BCUT2D eigenvalue weighted by atomic mass is 35.5. The summed E-state index contributed by atoms with van der Waals surface area (Å²) in [5, 5.41) is 22.7. The van der Waals surface area contributed by atoms with Crippen molar-refractivity contribution in [3.05, 3.63) is 63.4 Å². The number of aliphatic hydroxyl groups is 1. The van der Waals surface area contributed by atoms with E-state index < -0.39 is 16.9 Å². The summed E-state index contributed by atoms with van der Waals surface area (Å²) in [6.07, 6.45) is 8.97. The first kappa shape index (κ1) is 26.1. The quantitative estimate of drug-likeness (QED) is 0.375. The molecule has 1 fully saturated rings. The van der Waals surface area contributed by atoms with Crippen molar-refractivity contribution in [1.82, 2.24) is 0 Å². The number of phenolic OH excluding ortho intramolecular Hbond substituents is 1. The van der Waals surface area contributed by atoms with Crippen LogP contribution in [-0.2, 0) is 17.6 Å². The lowest BCUT2D eigenvalue weighted by Gasteiger charge is -2.60. The van der Waals surface area contributed by atoms with Crippen molar-refractivity contribution in [2.75, 3.05) is 0 Å². The number of Topliss-reactive ketones (excluding diaryl/α,β-unsaturated/α-hetero) is 1. The van der Waals surface area contributed by atoms with Gasteiger partial charge in [0.05, 0.1) is 11.1 Å². The molecule has 5 rings (SSSR count). The van der Waals surface area contributed by atoms with Gasteiger partial charge in [-0.3, -0.25) is 9.59 Å². The lowest BCUT2D eigenvalue weighted by atomic mass is 9.43. The molecule has 37 heavy (non-hydrogen) atoms. The number of rotatable bonds is 6. The van der Waals surface area contributed by atoms with Crippen LogP contribution >= 0.6 is 11.6 Å². The second-order valence-electron chi connectivity index (χ2n) is 12.0. The molecule has 0 heterocycles. The van der Waals surface area contributed by atoms with Gasteiger partial charge in [0.1, 0.15) is 11.5 Å². The van der Waals surface area contributed by atoms with E-state index in [-0.39, 0.29) is 46.5 Å².